The van der Waals surface area contributed by atoms with Crippen molar-refractivity contribution in [3.05, 3.63) is 10.7 Å². The first-order valence-electron chi connectivity index (χ1n) is 2.97. The monoisotopic (exact) mass is 209 g/mol. The summed E-state index contributed by atoms with van der Waals surface area (Å²) in [6.45, 7) is 1.43. The molecule has 0 aromatic rings. The van der Waals surface area contributed by atoms with Crippen molar-refractivity contribution >= 4 is 28.0 Å². The van der Waals surface area contributed by atoms with E-state index >= 15 is 0 Å². The molecule has 0 atom stereocenters. The van der Waals surface area contributed by atoms with Gasteiger partial charge in [0.2, 0.25) is 0 Å². The quantitative estimate of drug-likeness (QED) is 0.656. The highest BCUT2D eigenvalue weighted by Crippen LogP contribution is 2.22. The molecular weight excluding hydrogens is 202 g/mol. The summed E-state index contributed by atoms with van der Waals surface area (Å²) in [5.74, 6) is -0.516. The van der Waals surface area contributed by atoms with E-state index in [1.165, 1.54) is 6.92 Å². The first kappa shape index (κ1) is 9.40. The second-order valence-corrected chi connectivity index (χ2v) is 4.15. The minimum Gasteiger partial charge on any atom is -0.370 e. The molecule has 1 amide bonds. The smallest absolute Gasteiger partial charge is 0.370 e. The molecule has 0 bridgehead atoms. The van der Waals surface area contributed by atoms with Gasteiger partial charge in [-0.3, -0.25) is 4.79 Å². The van der Waals surface area contributed by atoms with E-state index in [0.717, 1.165) is 11.8 Å². The number of rotatable bonds is 1. The number of carbonyl (C=O) groups excluding carboxylic acids is 1. The van der Waals surface area contributed by atoms with Crippen LogP contribution in [0.5, 0.6) is 0 Å². The number of allylic oxidation sites excluding steroid dienone is 1. The van der Waals surface area contributed by atoms with Gasteiger partial charge in [0.1, 0.15) is 10.7 Å². The Morgan fingerprint density at radius 3 is 2.50 bits per heavy atom. The maximum atomic E-state index is 11.0. The maximum Gasteiger partial charge on any atom is 0.409 e. The second-order valence-electron chi connectivity index (χ2n) is 2.06. The van der Waals surface area contributed by atoms with E-state index in [1.54, 1.807) is 11.0 Å². The number of hydrogen-bond donors (Lipinski definition) is 1. The van der Waals surface area contributed by atoms with Gasteiger partial charge in [-0.1, -0.05) is 0 Å². The molecule has 0 saturated carbocycles. The van der Waals surface area contributed by atoms with Gasteiger partial charge in [-0.2, -0.15) is 8.42 Å². The maximum absolute atomic E-state index is 11.0. The van der Waals surface area contributed by atoms with Crippen molar-refractivity contribution in [1.29, 1.82) is 0 Å². The number of hydrogen-bond acceptors (Lipinski definition) is 5. The van der Waals surface area contributed by atoms with Crippen molar-refractivity contribution in [1.82, 2.24) is 4.72 Å². The highest BCUT2D eigenvalue weighted by Gasteiger charge is 2.28. The van der Waals surface area contributed by atoms with Gasteiger partial charge in [0.15, 0.2) is 0 Å². The summed E-state index contributed by atoms with van der Waals surface area (Å²) in [5, 5.41) is 0. The average molecular weight is 209 g/mol. The first-order chi connectivity index (χ1) is 5.46. The minimum atomic E-state index is -3.89. The average Bonchev–Trinajstić information content (AvgIpc) is 1.82. The largest absolute Gasteiger partial charge is 0.409 e. The fourth-order valence-electron chi connectivity index (χ4n) is 0.779. The summed E-state index contributed by atoms with van der Waals surface area (Å²) < 4.78 is 27.6. The lowest BCUT2D eigenvalue weighted by Crippen LogP contribution is -2.36. The van der Waals surface area contributed by atoms with Gasteiger partial charge < -0.3 is 4.18 Å². The Balaban J connectivity index is 3.11. The van der Waals surface area contributed by atoms with Crippen LogP contribution in [0.3, 0.4) is 0 Å². The Kier molecular flexibility index (Phi) is 2.34. The topological polar surface area (TPSA) is 72.5 Å². The van der Waals surface area contributed by atoms with Gasteiger partial charge in [0, 0.05) is 0 Å². The van der Waals surface area contributed by atoms with E-state index < -0.39 is 16.2 Å². The molecule has 1 N–H and O–H groups in total. The lowest BCUT2D eigenvalue weighted by molar-refractivity contribution is -0.115. The van der Waals surface area contributed by atoms with Crippen LogP contribution in [0.15, 0.2) is 10.7 Å². The summed E-state index contributed by atoms with van der Waals surface area (Å²) in [7, 11) is -3.89. The van der Waals surface area contributed by atoms with Gasteiger partial charge in [0.25, 0.3) is 5.91 Å². The summed E-state index contributed by atoms with van der Waals surface area (Å²) >= 11 is 1.14. The zero-order chi connectivity index (χ0) is 9.35. The summed E-state index contributed by atoms with van der Waals surface area (Å²) in [5.41, 5.74) is 0. The Morgan fingerprint density at radius 2 is 2.08 bits per heavy atom. The predicted octanol–water partition coefficient (Wildman–Crippen LogP) is -0.0279. The first-order valence-corrected chi connectivity index (χ1v) is 5.61. The Morgan fingerprint density at radius 1 is 1.50 bits per heavy atom. The van der Waals surface area contributed by atoms with E-state index in [0.29, 0.717) is 0 Å². The van der Waals surface area contributed by atoms with Crippen LogP contribution in [0.2, 0.25) is 0 Å². The van der Waals surface area contributed by atoms with Gasteiger partial charge in [-0.05, 0) is 13.2 Å². The van der Waals surface area contributed by atoms with Crippen LogP contribution in [-0.4, -0.2) is 20.6 Å². The van der Waals surface area contributed by atoms with Crippen molar-refractivity contribution < 1.29 is 17.4 Å². The highest BCUT2D eigenvalue weighted by atomic mass is 32.2. The van der Waals surface area contributed by atoms with Crippen LogP contribution < -0.4 is 4.72 Å². The molecule has 0 saturated heterocycles. The summed E-state index contributed by atoms with van der Waals surface area (Å²) in [6, 6.07) is 0. The molecule has 0 unspecified atom stereocenters. The summed E-state index contributed by atoms with van der Waals surface area (Å²) in [6.07, 6.45) is 1.67. The molecule has 0 aliphatic carbocycles. The van der Waals surface area contributed by atoms with Gasteiger partial charge in [-0.15, -0.1) is 11.8 Å². The van der Waals surface area contributed by atoms with Gasteiger partial charge in [0.05, 0.1) is 0 Å². The summed E-state index contributed by atoms with van der Waals surface area (Å²) in [4.78, 5) is 11.3. The van der Waals surface area contributed by atoms with Crippen LogP contribution in [0.25, 0.3) is 0 Å². The number of amides is 1. The Labute approximate surface area is 74.4 Å². The van der Waals surface area contributed by atoms with E-state index in [9.17, 15) is 13.2 Å². The molecule has 1 aliphatic heterocycles. The van der Waals surface area contributed by atoms with E-state index in [-0.39, 0.29) is 10.7 Å². The van der Waals surface area contributed by atoms with Crippen LogP contribution in [0.1, 0.15) is 6.92 Å². The van der Waals surface area contributed by atoms with E-state index in [2.05, 4.69) is 4.18 Å². The highest BCUT2D eigenvalue weighted by molar-refractivity contribution is 8.03. The Hall–Kier alpha value is -0.690. The molecule has 1 rings (SSSR count). The van der Waals surface area contributed by atoms with Crippen molar-refractivity contribution in [2.45, 2.75) is 6.92 Å². The third-order valence-corrected chi connectivity index (χ3v) is 2.97. The van der Waals surface area contributed by atoms with E-state index in [4.69, 9.17) is 0 Å². The lowest BCUT2D eigenvalue weighted by atomic mass is 10.4. The van der Waals surface area contributed by atoms with Crippen molar-refractivity contribution in [3.8, 4) is 0 Å². The molecule has 0 aromatic heterocycles. The zero-order valence-electron chi connectivity index (χ0n) is 6.45. The molecular formula is C5H7NO4S2. The number of carbonyl (C=O) groups is 1. The normalized spacial score (nSPS) is 21.7. The van der Waals surface area contributed by atoms with Gasteiger partial charge >= 0.3 is 10.3 Å². The molecule has 0 fully saturated rings. The van der Waals surface area contributed by atoms with Crippen molar-refractivity contribution in [2.75, 3.05) is 6.26 Å². The molecule has 1 aliphatic rings. The minimum absolute atomic E-state index is 0.117. The lowest BCUT2D eigenvalue weighted by Gasteiger charge is -2.16. The Bertz CT molecular complexity index is 342. The fourth-order valence-corrected chi connectivity index (χ4v) is 2.25. The van der Waals surface area contributed by atoms with E-state index in [1.807, 2.05) is 0 Å². The van der Waals surface area contributed by atoms with Gasteiger partial charge in [-0.25, -0.2) is 4.72 Å². The second kappa shape index (κ2) is 2.98. The SMILES string of the molecule is CSC1=C(C)OS(=O)(=O)NC1=O. The predicted molar refractivity (Wildman–Crippen MR) is 44.4 cm³/mol. The molecule has 0 aromatic carbocycles. The van der Waals surface area contributed by atoms with Crippen LogP contribution >= 0.6 is 11.8 Å². The fraction of sp³-hybridized carbons (Fsp3) is 0.400. The van der Waals surface area contributed by atoms with Crippen LogP contribution in [0, 0.1) is 0 Å². The molecule has 12 heavy (non-hydrogen) atoms. The third kappa shape index (κ3) is 1.72. The van der Waals surface area contributed by atoms with Crippen molar-refractivity contribution in [2.24, 2.45) is 0 Å². The molecule has 0 spiro atoms. The molecule has 1 heterocycles. The third-order valence-electron chi connectivity index (χ3n) is 1.18. The number of nitrogens with one attached hydrogen (secondary N) is 1. The standard InChI is InChI=1S/C5H7NO4S2/c1-3-4(11-2)5(7)6-12(8,9)10-3/h1-2H3,(H,6,7). The van der Waals surface area contributed by atoms with Crippen LogP contribution in [0.4, 0.5) is 0 Å². The number of thioether (sulfide) groups is 1. The molecule has 5 nitrogen and oxygen atoms in total. The van der Waals surface area contributed by atoms with Crippen LogP contribution in [-0.2, 0) is 19.3 Å². The molecule has 7 heteroatoms. The van der Waals surface area contributed by atoms with Crippen molar-refractivity contribution in [3.63, 3.8) is 0 Å². The molecule has 0 radical (unpaired) electrons. The zero-order valence-corrected chi connectivity index (χ0v) is 8.08. The molecule has 68 valence electrons.